The van der Waals surface area contributed by atoms with Crippen molar-refractivity contribution in [1.29, 1.82) is 0 Å². The van der Waals surface area contributed by atoms with Crippen LogP contribution >= 0.6 is 0 Å². The fraction of sp³-hybridized carbons (Fsp3) is 0.263. The van der Waals surface area contributed by atoms with Crippen LogP contribution in [0.25, 0.3) is 0 Å². The van der Waals surface area contributed by atoms with Crippen LogP contribution in [0.5, 0.6) is 0 Å². The molecule has 0 atom stereocenters. The van der Waals surface area contributed by atoms with Gasteiger partial charge in [0.25, 0.3) is 5.91 Å². The van der Waals surface area contributed by atoms with E-state index in [2.05, 4.69) is 10.6 Å². The number of carbonyl (C=O) groups excluding carboxylic acids is 2. The highest BCUT2D eigenvalue weighted by atomic mass is 19.1. The summed E-state index contributed by atoms with van der Waals surface area (Å²) < 4.78 is 13.1. The quantitative estimate of drug-likeness (QED) is 0.857. The molecule has 2 aromatic rings. The average Bonchev–Trinajstić information content (AvgIpc) is 3.40. The Bertz CT molecular complexity index is 739. The highest BCUT2D eigenvalue weighted by molar-refractivity contribution is 5.96. The molecule has 0 spiro atoms. The molecule has 24 heavy (non-hydrogen) atoms. The third-order valence-electron chi connectivity index (χ3n) is 3.95. The van der Waals surface area contributed by atoms with Crippen LogP contribution in [-0.4, -0.2) is 18.4 Å². The number of rotatable bonds is 6. The molecule has 124 valence electrons. The Morgan fingerprint density at radius 3 is 2.50 bits per heavy atom. The van der Waals surface area contributed by atoms with E-state index in [9.17, 15) is 14.0 Å². The fourth-order valence-corrected chi connectivity index (χ4v) is 2.41. The Hall–Kier alpha value is -2.69. The lowest BCUT2D eigenvalue weighted by atomic mass is 10.1. The molecule has 2 aromatic carbocycles. The minimum Gasteiger partial charge on any atom is -0.352 e. The number of benzene rings is 2. The van der Waals surface area contributed by atoms with Crippen molar-refractivity contribution >= 4 is 17.5 Å². The van der Waals surface area contributed by atoms with E-state index < -0.39 is 0 Å². The van der Waals surface area contributed by atoms with E-state index in [1.54, 1.807) is 30.3 Å². The van der Waals surface area contributed by atoms with Gasteiger partial charge in [-0.15, -0.1) is 0 Å². The van der Waals surface area contributed by atoms with Crippen LogP contribution in [0.15, 0.2) is 48.5 Å². The van der Waals surface area contributed by atoms with Crippen molar-refractivity contribution < 1.29 is 14.0 Å². The average molecular weight is 326 g/mol. The molecule has 0 radical (unpaired) electrons. The molecule has 0 aliphatic heterocycles. The normalized spacial score (nSPS) is 13.4. The molecule has 1 aliphatic rings. The third-order valence-corrected chi connectivity index (χ3v) is 3.95. The van der Waals surface area contributed by atoms with Gasteiger partial charge in [0.15, 0.2) is 0 Å². The van der Waals surface area contributed by atoms with E-state index in [0.29, 0.717) is 24.2 Å². The zero-order chi connectivity index (χ0) is 16.9. The van der Waals surface area contributed by atoms with Crippen LogP contribution in [0.2, 0.25) is 0 Å². The Morgan fingerprint density at radius 1 is 1.08 bits per heavy atom. The summed E-state index contributed by atoms with van der Waals surface area (Å²) in [6, 6.07) is 13.1. The molecule has 2 N–H and O–H groups in total. The lowest BCUT2D eigenvalue weighted by Gasteiger charge is -2.07. The molecular weight excluding hydrogens is 307 g/mol. The fourth-order valence-electron chi connectivity index (χ4n) is 2.41. The van der Waals surface area contributed by atoms with Crippen molar-refractivity contribution in [3.8, 4) is 0 Å². The van der Waals surface area contributed by atoms with Crippen LogP contribution in [-0.2, 0) is 11.2 Å². The van der Waals surface area contributed by atoms with Gasteiger partial charge in [-0.3, -0.25) is 9.59 Å². The molecular formula is C19H19FN2O2. The van der Waals surface area contributed by atoms with E-state index in [1.807, 2.05) is 6.07 Å². The molecule has 1 aliphatic carbocycles. The standard InChI is InChI=1S/C19H19FN2O2/c20-16-3-1-2-13(12-16)10-11-21-18(23)14-6-8-17(9-7-14)22-19(24)15-4-5-15/h1-3,6-9,12,15H,4-5,10-11H2,(H,21,23)(H,22,24). The molecule has 0 bridgehead atoms. The highest BCUT2D eigenvalue weighted by Crippen LogP contribution is 2.30. The van der Waals surface area contributed by atoms with E-state index >= 15 is 0 Å². The molecule has 0 aromatic heterocycles. The van der Waals surface area contributed by atoms with Crippen LogP contribution in [0.3, 0.4) is 0 Å². The topological polar surface area (TPSA) is 58.2 Å². The summed E-state index contributed by atoms with van der Waals surface area (Å²) in [4.78, 5) is 23.8. The van der Waals surface area contributed by atoms with E-state index in [1.165, 1.54) is 12.1 Å². The summed E-state index contributed by atoms with van der Waals surface area (Å²) in [6.07, 6.45) is 2.48. The van der Waals surface area contributed by atoms with Crippen molar-refractivity contribution in [2.24, 2.45) is 5.92 Å². The summed E-state index contributed by atoms with van der Waals surface area (Å²) >= 11 is 0. The SMILES string of the molecule is O=C(NCCc1cccc(F)c1)c1ccc(NC(=O)C2CC2)cc1. The lowest BCUT2D eigenvalue weighted by Crippen LogP contribution is -2.25. The van der Waals surface area contributed by atoms with Gasteiger partial charge >= 0.3 is 0 Å². The third kappa shape index (κ3) is 4.41. The van der Waals surface area contributed by atoms with Crippen molar-refractivity contribution in [2.45, 2.75) is 19.3 Å². The predicted octanol–water partition coefficient (Wildman–Crippen LogP) is 3.15. The summed E-state index contributed by atoms with van der Waals surface area (Å²) in [5.41, 5.74) is 2.07. The lowest BCUT2D eigenvalue weighted by molar-refractivity contribution is -0.117. The van der Waals surface area contributed by atoms with Crippen molar-refractivity contribution in [3.05, 3.63) is 65.5 Å². The molecule has 5 heteroatoms. The maximum Gasteiger partial charge on any atom is 0.251 e. The van der Waals surface area contributed by atoms with Gasteiger partial charge in [-0.1, -0.05) is 12.1 Å². The number of hydrogen-bond acceptors (Lipinski definition) is 2. The number of hydrogen-bond donors (Lipinski definition) is 2. The van der Waals surface area contributed by atoms with Gasteiger partial charge in [0.2, 0.25) is 5.91 Å². The molecule has 2 amide bonds. The zero-order valence-electron chi connectivity index (χ0n) is 13.2. The number of nitrogens with one attached hydrogen (secondary N) is 2. The first kappa shape index (κ1) is 16.2. The number of anilines is 1. The molecule has 0 heterocycles. The maximum absolute atomic E-state index is 13.1. The molecule has 0 saturated heterocycles. The second-order valence-electron chi connectivity index (χ2n) is 5.98. The Balaban J connectivity index is 1.48. The minimum absolute atomic E-state index is 0.0438. The summed E-state index contributed by atoms with van der Waals surface area (Å²) in [5, 5.41) is 5.64. The first-order valence-electron chi connectivity index (χ1n) is 8.05. The largest absolute Gasteiger partial charge is 0.352 e. The summed E-state index contributed by atoms with van der Waals surface area (Å²) in [5.74, 6) is -0.271. The first-order valence-corrected chi connectivity index (χ1v) is 8.05. The van der Waals surface area contributed by atoms with Crippen LogP contribution in [0.4, 0.5) is 10.1 Å². The number of amides is 2. The second-order valence-corrected chi connectivity index (χ2v) is 5.98. The van der Waals surface area contributed by atoms with Gasteiger partial charge < -0.3 is 10.6 Å². The minimum atomic E-state index is -0.275. The molecule has 0 unspecified atom stereocenters. The maximum atomic E-state index is 13.1. The Labute approximate surface area is 140 Å². The summed E-state index contributed by atoms with van der Waals surface area (Å²) in [7, 11) is 0. The Morgan fingerprint density at radius 2 is 1.83 bits per heavy atom. The van der Waals surface area contributed by atoms with Gasteiger partial charge in [-0.05, 0) is 61.2 Å². The summed E-state index contributed by atoms with van der Waals surface area (Å²) in [6.45, 7) is 0.433. The van der Waals surface area contributed by atoms with Crippen molar-refractivity contribution in [1.82, 2.24) is 5.32 Å². The monoisotopic (exact) mass is 326 g/mol. The first-order chi connectivity index (χ1) is 11.6. The van der Waals surface area contributed by atoms with Crippen molar-refractivity contribution in [3.63, 3.8) is 0 Å². The van der Waals surface area contributed by atoms with Gasteiger partial charge in [0.1, 0.15) is 5.82 Å². The zero-order valence-corrected chi connectivity index (χ0v) is 13.2. The van der Waals surface area contributed by atoms with E-state index in [0.717, 1.165) is 18.4 Å². The van der Waals surface area contributed by atoms with E-state index in [4.69, 9.17) is 0 Å². The van der Waals surface area contributed by atoms with Crippen LogP contribution in [0, 0.1) is 11.7 Å². The molecule has 4 nitrogen and oxygen atoms in total. The van der Waals surface area contributed by atoms with Crippen LogP contribution in [0.1, 0.15) is 28.8 Å². The van der Waals surface area contributed by atoms with Gasteiger partial charge in [0, 0.05) is 23.7 Å². The smallest absolute Gasteiger partial charge is 0.251 e. The molecule has 1 saturated carbocycles. The van der Waals surface area contributed by atoms with E-state index in [-0.39, 0.29) is 23.5 Å². The second kappa shape index (κ2) is 7.25. The number of halogens is 1. The van der Waals surface area contributed by atoms with Gasteiger partial charge in [-0.25, -0.2) is 4.39 Å². The predicted molar refractivity (Wildman–Crippen MR) is 90.2 cm³/mol. The molecule has 3 rings (SSSR count). The number of carbonyl (C=O) groups is 2. The molecule has 1 fully saturated rings. The van der Waals surface area contributed by atoms with Gasteiger partial charge in [0.05, 0.1) is 0 Å². The van der Waals surface area contributed by atoms with Crippen molar-refractivity contribution in [2.75, 3.05) is 11.9 Å². The van der Waals surface area contributed by atoms with Crippen LogP contribution < -0.4 is 10.6 Å². The Kier molecular flexibility index (Phi) is 4.89. The highest BCUT2D eigenvalue weighted by Gasteiger charge is 2.29. The van der Waals surface area contributed by atoms with Gasteiger partial charge in [-0.2, -0.15) is 0 Å².